The monoisotopic (exact) mass is 403 g/mol. The van der Waals surface area contributed by atoms with Crippen LogP contribution in [0.4, 0.5) is 13.2 Å². The molecule has 0 aliphatic carbocycles. The molecule has 0 spiro atoms. The van der Waals surface area contributed by atoms with E-state index in [-0.39, 0.29) is 13.2 Å². The lowest BCUT2D eigenvalue weighted by Gasteiger charge is -2.33. The lowest BCUT2D eigenvalue weighted by Crippen LogP contribution is -2.58. The van der Waals surface area contributed by atoms with Gasteiger partial charge in [0.15, 0.2) is 0 Å². The third kappa shape index (κ3) is 5.26. The Bertz CT molecular complexity index is 834. The van der Waals surface area contributed by atoms with E-state index in [1.54, 1.807) is 36.4 Å². The topological polar surface area (TPSA) is 38.3 Å². The fourth-order valence-corrected chi connectivity index (χ4v) is 3.43. The van der Waals surface area contributed by atoms with Crippen LogP contribution in [-0.4, -0.2) is 24.3 Å². The number of nitrogens with one attached hydrogen (secondary N) is 1. The maximum Gasteiger partial charge on any atom is 0.426 e. The van der Waals surface area contributed by atoms with Gasteiger partial charge in [0.2, 0.25) is 5.60 Å². The lowest BCUT2D eigenvalue weighted by atomic mass is 9.90. The van der Waals surface area contributed by atoms with Crippen molar-refractivity contribution in [1.82, 2.24) is 5.32 Å². The summed E-state index contributed by atoms with van der Waals surface area (Å²) in [5.41, 5.74) is -0.526. The van der Waals surface area contributed by atoms with E-state index in [0.29, 0.717) is 24.8 Å². The van der Waals surface area contributed by atoms with E-state index in [1.807, 2.05) is 30.3 Å². The standard InChI is InChI=1S/C23H24F3NO2/c24-23(25,26)22(21(28)27-17-20-10-5-2-6-11-20)16-19(12-7-15-29-22)14-13-18-8-3-1-4-9-18/h1-6,8-11,14H,7,12-13,15-17H2,(H,27,28)/b19-14+. The molecule has 1 unspecified atom stereocenters. The number of hydrogen-bond acceptors (Lipinski definition) is 2. The fraction of sp³-hybridized carbons (Fsp3) is 0.348. The van der Waals surface area contributed by atoms with Gasteiger partial charge in [0.05, 0.1) is 0 Å². The zero-order valence-corrected chi connectivity index (χ0v) is 16.0. The Morgan fingerprint density at radius 1 is 1.03 bits per heavy atom. The van der Waals surface area contributed by atoms with Crippen LogP contribution in [0.15, 0.2) is 72.3 Å². The second-order valence-electron chi connectivity index (χ2n) is 7.17. The minimum atomic E-state index is -4.82. The zero-order valence-electron chi connectivity index (χ0n) is 16.0. The molecular weight excluding hydrogens is 379 g/mol. The summed E-state index contributed by atoms with van der Waals surface area (Å²) < 4.78 is 47.4. The van der Waals surface area contributed by atoms with E-state index in [0.717, 1.165) is 11.1 Å². The van der Waals surface area contributed by atoms with E-state index in [1.165, 1.54) is 0 Å². The Morgan fingerprint density at radius 3 is 2.28 bits per heavy atom. The highest BCUT2D eigenvalue weighted by atomic mass is 19.4. The van der Waals surface area contributed by atoms with Gasteiger partial charge >= 0.3 is 6.18 Å². The van der Waals surface area contributed by atoms with Gasteiger partial charge in [0, 0.05) is 19.6 Å². The first-order valence-corrected chi connectivity index (χ1v) is 9.65. The van der Waals surface area contributed by atoms with Crippen molar-refractivity contribution in [2.24, 2.45) is 0 Å². The maximum atomic E-state index is 14.1. The number of halogens is 3. The summed E-state index contributed by atoms with van der Waals surface area (Å²) in [6, 6.07) is 18.4. The van der Waals surface area contributed by atoms with Gasteiger partial charge in [-0.3, -0.25) is 4.79 Å². The number of alkyl halides is 3. The minimum absolute atomic E-state index is 0.0178. The molecule has 1 aliphatic heterocycles. The van der Waals surface area contributed by atoms with E-state index in [2.05, 4.69) is 5.32 Å². The molecule has 154 valence electrons. The molecule has 0 bridgehead atoms. The van der Waals surface area contributed by atoms with E-state index >= 15 is 0 Å². The molecule has 1 fully saturated rings. The normalized spacial score (nSPS) is 21.6. The molecule has 3 rings (SSSR count). The van der Waals surface area contributed by atoms with Crippen LogP contribution in [0.1, 0.15) is 30.4 Å². The number of rotatable bonds is 5. The average molecular weight is 403 g/mol. The first-order valence-electron chi connectivity index (χ1n) is 9.65. The highest BCUT2D eigenvalue weighted by Gasteiger charge is 2.62. The lowest BCUT2D eigenvalue weighted by molar-refractivity contribution is -0.265. The fourth-order valence-electron chi connectivity index (χ4n) is 3.43. The van der Waals surface area contributed by atoms with Crippen LogP contribution >= 0.6 is 0 Å². The van der Waals surface area contributed by atoms with Crippen molar-refractivity contribution >= 4 is 5.91 Å². The zero-order chi connectivity index (χ0) is 20.7. The molecule has 2 aromatic rings. The van der Waals surface area contributed by atoms with Crippen LogP contribution < -0.4 is 5.32 Å². The maximum absolute atomic E-state index is 14.1. The molecule has 2 aromatic carbocycles. The summed E-state index contributed by atoms with van der Waals surface area (Å²) in [5.74, 6) is -1.14. The van der Waals surface area contributed by atoms with Gasteiger partial charge in [-0.1, -0.05) is 72.3 Å². The van der Waals surface area contributed by atoms with E-state index in [9.17, 15) is 18.0 Å². The number of carbonyl (C=O) groups is 1. The van der Waals surface area contributed by atoms with Crippen LogP contribution in [0, 0.1) is 0 Å². The van der Waals surface area contributed by atoms with Crippen LogP contribution in [0.25, 0.3) is 0 Å². The van der Waals surface area contributed by atoms with Gasteiger partial charge in [-0.05, 0) is 30.4 Å². The average Bonchev–Trinajstić information content (AvgIpc) is 2.95. The Kier molecular flexibility index (Phi) is 6.75. The third-order valence-corrected chi connectivity index (χ3v) is 5.06. The molecule has 0 aromatic heterocycles. The molecule has 1 atom stereocenters. The number of benzene rings is 2. The van der Waals surface area contributed by atoms with E-state index < -0.39 is 24.1 Å². The van der Waals surface area contributed by atoms with Crippen molar-refractivity contribution in [3.63, 3.8) is 0 Å². The first kappa shape index (κ1) is 21.1. The Hall–Kier alpha value is -2.60. The van der Waals surface area contributed by atoms with Gasteiger partial charge in [0.1, 0.15) is 0 Å². The second-order valence-corrected chi connectivity index (χ2v) is 7.17. The molecule has 6 heteroatoms. The summed E-state index contributed by atoms with van der Waals surface area (Å²) >= 11 is 0. The molecule has 1 amide bonds. The van der Waals surface area contributed by atoms with Gasteiger partial charge in [-0.15, -0.1) is 0 Å². The van der Waals surface area contributed by atoms with Gasteiger partial charge in [-0.25, -0.2) is 0 Å². The smallest absolute Gasteiger partial charge is 0.357 e. The first-order chi connectivity index (χ1) is 13.9. The molecule has 1 heterocycles. The molecule has 3 nitrogen and oxygen atoms in total. The van der Waals surface area contributed by atoms with Crippen molar-refractivity contribution in [3.8, 4) is 0 Å². The number of ether oxygens (including phenoxy) is 1. The summed E-state index contributed by atoms with van der Waals surface area (Å²) in [4.78, 5) is 12.7. The predicted molar refractivity (Wildman–Crippen MR) is 105 cm³/mol. The van der Waals surface area contributed by atoms with Crippen LogP contribution in [0.2, 0.25) is 0 Å². The van der Waals surface area contributed by atoms with Crippen molar-refractivity contribution in [1.29, 1.82) is 0 Å². The quantitative estimate of drug-likeness (QED) is 0.716. The van der Waals surface area contributed by atoms with E-state index in [4.69, 9.17) is 4.74 Å². The Morgan fingerprint density at radius 2 is 1.66 bits per heavy atom. The predicted octanol–water partition coefficient (Wildman–Crippen LogP) is 4.97. The highest BCUT2D eigenvalue weighted by Crippen LogP contribution is 2.41. The summed E-state index contributed by atoms with van der Waals surface area (Å²) in [5, 5.41) is 2.43. The third-order valence-electron chi connectivity index (χ3n) is 5.06. The Balaban J connectivity index is 1.80. The summed E-state index contributed by atoms with van der Waals surface area (Å²) in [6.45, 7) is -0.0924. The van der Waals surface area contributed by atoms with Crippen LogP contribution in [0.5, 0.6) is 0 Å². The van der Waals surface area contributed by atoms with Gasteiger partial charge in [0.25, 0.3) is 5.91 Å². The van der Waals surface area contributed by atoms with Crippen molar-refractivity contribution in [3.05, 3.63) is 83.4 Å². The highest BCUT2D eigenvalue weighted by molar-refractivity contribution is 5.86. The minimum Gasteiger partial charge on any atom is -0.357 e. The van der Waals surface area contributed by atoms with Crippen LogP contribution in [-0.2, 0) is 22.5 Å². The number of allylic oxidation sites excluding steroid dienone is 1. The van der Waals surface area contributed by atoms with Gasteiger partial charge in [-0.2, -0.15) is 13.2 Å². The SMILES string of the molecule is O=C(NCc1ccccc1)C1(C(F)(F)F)C/C(=C/Cc2ccccc2)CCCO1. The summed E-state index contributed by atoms with van der Waals surface area (Å²) in [6.07, 6.45) is -2.04. The van der Waals surface area contributed by atoms with Gasteiger partial charge < -0.3 is 10.1 Å². The molecule has 0 saturated carbocycles. The second kappa shape index (κ2) is 9.27. The largest absolute Gasteiger partial charge is 0.426 e. The number of hydrogen-bond donors (Lipinski definition) is 1. The number of carbonyl (C=O) groups excluding carboxylic acids is 1. The molecule has 1 aliphatic rings. The molecule has 0 radical (unpaired) electrons. The van der Waals surface area contributed by atoms with Crippen molar-refractivity contribution in [2.75, 3.05) is 6.61 Å². The van der Waals surface area contributed by atoms with Crippen molar-refractivity contribution in [2.45, 2.75) is 44.0 Å². The molecule has 1 saturated heterocycles. The van der Waals surface area contributed by atoms with Crippen LogP contribution in [0.3, 0.4) is 0 Å². The molecular formula is C23H24F3NO2. The Labute approximate surface area is 168 Å². The molecule has 29 heavy (non-hydrogen) atoms. The molecule has 1 N–H and O–H groups in total. The number of amides is 1. The summed E-state index contributed by atoms with van der Waals surface area (Å²) in [7, 11) is 0. The van der Waals surface area contributed by atoms with Crippen molar-refractivity contribution < 1.29 is 22.7 Å².